The molecule has 3 nitrogen and oxygen atoms in total. The minimum absolute atomic E-state index is 0.622. The first-order chi connectivity index (χ1) is 9.88. The Balaban J connectivity index is 1.88. The molecule has 2 heterocycles. The average Bonchev–Trinajstić information content (AvgIpc) is 2.84. The van der Waals surface area contributed by atoms with E-state index in [9.17, 15) is 0 Å². The summed E-state index contributed by atoms with van der Waals surface area (Å²) in [6, 6.07) is 6.86. The summed E-state index contributed by atoms with van der Waals surface area (Å²) in [6.07, 6.45) is 12.0. The van der Waals surface area contributed by atoms with E-state index >= 15 is 0 Å². The van der Waals surface area contributed by atoms with E-state index in [-0.39, 0.29) is 0 Å². The molecule has 1 aliphatic carbocycles. The molecule has 0 atom stereocenters. The third-order valence-corrected chi connectivity index (χ3v) is 4.70. The number of anilines is 1. The van der Waals surface area contributed by atoms with Crippen LogP contribution in [0.4, 0.5) is 5.82 Å². The van der Waals surface area contributed by atoms with Crippen molar-refractivity contribution in [2.45, 2.75) is 44.6 Å². The van der Waals surface area contributed by atoms with Crippen LogP contribution in [0.1, 0.15) is 37.8 Å². The van der Waals surface area contributed by atoms with Gasteiger partial charge in [-0.05, 0) is 37.0 Å². The van der Waals surface area contributed by atoms with Crippen LogP contribution in [0.25, 0.3) is 5.65 Å². The quantitative estimate of drug-likeness (QED) is 0.902. The fourth-order valence-electron chi connectivity index (χ4n) is 3.01. The van der Waals surface area contributed by atoms with E-state index in [4.69, 9.17) is 4.98 Å². The van der Waals surface area contributed by atoms with Crippen LogP contribution < -0.4 is 5.32 Å². The van der Waals surface area contributed by atoms with Crippen LogP contribution in [0.15, 0.2) is 24.4 Å². The molecule has 0 amide bonds. The first-order valence-corrected chi connectivity index (χ1v) is 8.99. The van der Waals surface area contributed by atoms with Crippen molar-refractivity contribution < 1.29 is 0 Å². The van der Waals surface area contributed by atoms with Gasteiger partial charge in [0.1, 0.15) is 11.5 Å². The van der Waals surface area contributed by atoms with Crippen molar-refractivity contribution in [2.75, 3.05) is 17.3 Å². The number of nitrogens with zero attached hydrogens (tertiary/aromatic N) is 2. The zero-order valence-electron chi connectivity index (χ0n) is 12.1. The molecule has 4 heteroatoms. The number of aromatic nitrogens is 2. The monoisotopic (exact) mass is 289 g/mol. The van der Waals surface area contributed by atoms with Crippen LogP contribution in [0.3, 0.4) is 0 Å². The minimum Gasteiger partial charge on any atom is -0.367 e. The molecule has 2 aromatic heterocycles. The van der Waals surface area contributed by atoms with Gasteiger partial charge in [-0.15, -0.1) is 0 Å². The Labute approximate surface area is 125 Å². The summed E-state index contributed by atoms with van der Waals surface area (Å²) in [5.74, 6) is 2.35. The van der Waals surface area contributed by atoms with Gasteiger partial charge < -0.3 is 5.32 Å². The van der Waals surface area contributed by atoms with E-state index in [0.717, 1.165) is 17.8 Å². The second-order valence-electron chi connectivity index (χ2n) is 5.56. The van der Waals surface area contributed by atoms with Gasteiger partial charge in [-0.3, -0.25) is 4.40 Å². The molecule has 1 fully saturated rings. The highest BCUT2D eigenvalue weighted by Crippen LogP contribution is 2.25. The summed E-state index contributed by atoms with van der Waals surface area (Å²) in [5.41, 5.74) is 2.28. The number of rotatable bonds is 5. The summed E-state index contributed by atoms with van der Waals surface area (Å²) in [7, 11) is 0. The van der Waals surface area contributed by atoms with Gasteiger partial charge in [-0.25, -0.2) is 4.98 Å². The number of fused-ring (bicyclic) bond motifs is 1. The molecule has 0 radical (unpaired) electrons. The maximum atomic E-state index is 4.80. The maximum absolute atomic E-state index is 4.80. The highest BCUT2D eigenvalue weighted by molar-refractivity contribution is 7.98. The molecule has 0 aromatic carbocycles. The summed E-state index contributed by atoms with van der Waals surface area (Å²) in [6.45, 7) is 0. The Morgan fingerprint density at radius 2 is 2.15 bits per heavy atom. The average molecular weight is 289 g/mol. The van der Waals surface area contributed by atoms with Crippen molar-refractivity contribution in [2.24, 2.45) is 0 Å². The SMILES string of the molecule is CSCCc1nc2ccccn2c1NC1CCCCC1. The lowest BCUT2D eigenvalue weighted by molar-refractivity contribution is 0.461. The molecule has 1 aliphatic rings. The number of pyridine rings is 1. The second kappa shape index (κ2) is 6.53. The molecule has 0 saturated heterocycles. The zero-order chi connectivity index (χ0) is 13.8. The molecular formula is C16H23N3S. The van der Waals surface area contributed by atoms with E-state index in [1.165, 1.54) is 43.6 Å². The van der Waals surface area contributed by atoms with E-state index in [1.807, 2.05) is 11.8 Å². The third-order valence-electron chi connectivity index (χ3n) is 4.09. The van der Waals surface area contributed by atoms with Gasteiger partial charge in [0.2, 0.25) is 0 Å². The lowest BCUT2D eigenvalue weighted by atomic mass is 9.95. The molecule has 1 N–H and O–H groups in total. The summed E-state index contributed by atoms with van der Waals surface area (Å²) >= 11 is 1.88. The van der Waals surface area contributed by atoms with Gasteiger partial charge in [0, 0.05) is 18.7 Å². The number of nitrogens with one attached hydrogen (secondary N) is 1. The zero-order valence-corrected chi connectivity index (χ0v) is 13.0. The first kappa shape index (κ1) is 13.8. The topological polar surface area (TPSA) is 29.3 Å². The van der Waals surface area contributed by atoms with Crippen LogP contribution in [0.2, 0.25) is 0 Å². The maximum Gasteiger partial charge on any atom is 0.138 e. The summed E-state index contributed by atoms with van der Waals surface area (Å²) in [5, 5.41) is 3.77. The van der Waals surface area contributed by atoms with E-state index in [1.54, 1.807) is 0 Å². The Hall–Kier alpha value is -1.16. The Morgan fingerprint density at radius 3 is 2.95 bits per heavy atom. The number of hydrogen-bond donors (Lipinski definition) is 1. The third kappa shape index (κ3) is 2.95. The van der Waals surface area contributed by atoms with Crippen molar-refractivity contribution >= 4 is 23.2 Å². The molecule has 20 heavy (non-hydrogen) atoms. The van der Waals surface area contributed by atoms with Crippen molar-refractivity contribution in [1.82, 2.24) is 9.38 Å². The van der Waals surface area contributed by atoms with Crippen LogP contribution in [0, 0.1) is 0 Å². The molecule has 2 aromatic rings. The van der Waals surface area contributed by atoms with Crippen LogP contribution >= 0.6 is 11.8 Å². The van der Waals surface area contributed by atoms with Gasteiger partial charge in [0.25, 0.3) is 0 Å². The fourth-order valence-corrected chi connectivity index (χ4v) is 3.41. The molecule has 108 valence electrons. The lowest BCUT2D eigenvalue weighted by Gasteiger charge is -2.24. The number of hydrogen-bond acceptors (Lipinski definition) is 3. The van der Waals surface area contributed by atoms with Crippen molar-refractivity contribution in [3.05, 3.63) is 30.1 Å². The van der Waals surface area contributed by atoms with Gasteiger partial charge >= 0.3 is 0 Å². The largest absolute Gasteiger partial charge is 0.367 e. The highest BCUT2D eigenvalue weighted by Gasteiger charge is 2.18. The lowest BCUT2D eigenvalue weighted by Crippen LogP contribution is -2.23. The Morgan fingerprint density at radius 1 is 1.30 bits per heavy atom. The predicted octanol–water partition coefficient (Wildman–Crippen LogP) is 3.98. The minimum atomic E-state index is 0.622. The number of thioether (sulfide) groups is 1. The van der Waals surface area contributed by atoms with E-state index in [2.05, 4.69) is 40.4 Å². The van der Waals surface area contributed by atoms with E-state index in [0.29, 0.717) is 6.04 Å². The molecule has 0 bridgehead atoms. The molecule has 0 spiro atoms. The van der Waals surface area contributed by atoms with Crippen LogP contribution in [-0.2, 0) is 6.42 Å². The van der Waals surface area contributed by atoms with Gasteiger partial charge in [0.15, 0.2) is 0 Å². The normalized spacial score (nSPS) is 16.6. The first-order valence-electron chi connectivity index (χ1n) is 7.60. The van der Waals surface area contributed by atoms with Crippen molar-refractivity contribution in [1.29, 1.82) is 0 Å². The second-order valence-corrected chi connectivity index (χ2v) is 6.54. The van der Waals surface area contributed by atoms with Gasteiger partial charge in [-0.2, -0.15) is 11.8 Å². The summed E-state index contributed by atoms with van der Waals surface area (Å²) in [4.78, 5) is 4.80. The molecule has 3 rings (SSSR count). The standard InChI is InChI=1S/C16H23N3S/c1-20-12-10-14-16(17-13-7-3-2-4-8-13)19-11-6-5-9-15(19)18-14/h5-6,9,11,13,17H,2-4,7-8,10,12H2,1H3. The van der Waals surface area contributed by atoms with Crippen LogP contribution in [0.5, 0.6) is 0 Å². The van der Waals surface area contributed by atoms with E-state index < -0.39 is 0 Å². The van der Waals surface area contributed by atoms with Gasteiger partial charge in [-0.1, -0.05) is 25.3 Å². The smallest absolute Gasteiger partial charge is 0.138 e. The Kier molecular flexibility index (Phi) is 4.51. The molecular weight excluding hydrogens is 266 g/mol. The molecule has 0 unspecified atom stereocenters. The summed E-state index contributed by atoms with van der Waals surface area (Å²) < 4.78 is 2.21. The highest BCUT2D eigenvalue weighted by atomic mass is 32.2. The van der Waals surface area contributed by atoms with Crippen LogP contribution in [-0.4, -0.2) is 27.4 Å². The predicted molar refractivity (Wildman–Crippen MR) is 87.8 cm³/mol. The number of imidazole rings is 1. The van der Waals surface area contributed by atoms with Crippen molar-refractivity contribution in [3.8, 4) is 0 Å². The van der Waals surface area contributed by atoms with Gasteiger partial charge in [0.05, 0.1) is 5.69 Å². The number of aryl methyl sites for hydroxylation is 1. The molecule has 1 saturated carbocycles. The Bertz CT molecular complexity index is 558. The molecule has 0 aliphatic heterocycles. The van der Waals surface area contributed by atoms with Crippen molar-refractivity contribution in [3.63, 3.8) is 0 Å². The fraction of sp³-hybridized carbons (Fsp3) is 0.562.